The second kappa shape index (κ2) is 8.17. The Morgan fingerprint density at radius 1 is 1.41 bits per heavy atom. The molecule has 5 heteroatoms. The van der Waals surface area contributed by atoms with Crippen LogP contribution < -0.4 is 0 Å². The molecule has 2 atom stereocenters. The lowest BCUT2D eigenvalue weighted by Gasteiger charge is -2.31. The summed E-state index contributed by atoms with van der Waals surface area (Å²) >= 11 is 12.2. The average Bonchev–Trinajstić information content (AvgIpc) is 2.25. The van der Waals surface area contributed by atoms with Gasteiger partial charge in [-0.05, 0) is 19.3 Å². The molecule has 0 rings (SSSR count). The zero-order valence-electron chi connectivity index (χ0n) is 10.7. The number of unbranched alkanes of at least 4 members (excludes halogenated alkanes) is 1. The third kappa shape index (κ3) is 5.94. The molecule has 0 fully saturated rings. The fraction of sp³-hybridized carbons (Fsp3) is 0.917. The summed E-state index contributed by atoms with van der Waals surface area (Å²) in [6.07, 6.45) is 1.59. The second-order valence-corrected chi connectivity index (χ2v) is 5.69. The normalized spacial score (nSPS) is 15.4. The minimum absolute atomic E-state index is 0.0739. The number of carbonyl (C=O) groups excluding carboxylic acids is 1. The average molecular weight is 285 g/mol. The fourth-order valence-corrected chi connectivity index (χ4v) is 1.92. The zero-order valence-corrected chi connectivity index (χ0v) is 12.2. The van der Waals surface area contributed by atoms with Crippen molar-refractivity contribution in [3.8, 4) is 0 Å². The molecule has 0 aromatic carbocycles. The summed E-state index contributed by atoms with van der Waals surface area (Å²) in [5.74, 6) is -0.552. The minimum atomic E-state index is -1.30. The predicted octanol–water partition coefficient (Wildman–Crippen LogP) is 3.30. The Morgan fingerprint density at radius 3 is 2.47 bits per heavy atom. The highest BCUT2D eigenvalue weighted by atomic mass is 35.5. The summed E-state index contributed by atoms with van der Waals surface area (Å²) in [5, 5.41) is 9.88. The maximum atomic E-state index is 11.2. The number of esters is 1. The summed E-state index contributed by atoms with van der Waals surface area (Å²) in [6, 6.07) is 0. The first kappa shape index (κ1) is 17.0. The Labute approximate surface area is 113 Å². The number of rotatable bonds is 8. The number of carbonyl (C=O) groups is 1. The van der Waals surface area contributed by atoms with Crippen molar-refractivity contribution in [2.45, 2.75) is 56.9 Å². The third-order valence-corrected chi connectivity index (χ3v) is 4.01. The molecule has 3 nitrogen and oxygen atoms in total. The molecule has 0 aliphatic carbocycles. The van der Waals surface area contributed by atoms with Crippen LogP contribution in [0.25, 0.3) is 0 Å². The lowest BCUT2D eigenvalue weighted by molar-refractivity contribution is -0.145. The van der Waals surface area contributed by atoms with E-state index in [0.29, 0.717) is 0 Å². The number of halogens is 2. The van der Waals surface area contributed by atoms with Crippen molar-refractivity contribution in [3.05, 3.63) is 0 Å². The fourth-order valence-electron chi connectivity index (χ4n) is 1.55. The molecular weight excluding hydrogens is 263 g/mol. The van der Waals surface area contributed by atoms with Gasteiger partial charge in [-0.2, -0.15) is 0 Å². The number of hydrogen-bond acceptors (Lipinski definition) is 3. The molecule has 17 heavy (non-hydrogen) atoms. The van der Waals surface area contributed by atoms with Gasteiger partial charge in [0, 0.05) is 0 Å². The van der Waals surface area contributed by atoms with Gasteiger partial charge in [-0.3, -0.25) is 4.79 Å². The predicted molar refractivity (Wildman–Crippen MR) is 70.4 cm³/mol. The van der Waals surface area contributed by atoms with Gasteiger partial charge < -0.3 is 9.84 Å². The van der Waals surface area contributed by atoms with E-state index in [1.807, 2.05) is 6.92 Å². The molecule has 0 bridgehead atoms. The van der Waals surface area contributed by atoms with E-state index in [1.165, 1.54) is 0 Å². The number of hydrogen-bond donors (Lipinski definition) is 1. The summed E-state index contributed by atoms with van der Waals surface area (Å²) in [4.78, 5) is 11.2. The van der Waals surface area contributed by atoms with E-state index in [9.17, 15) is 9.90 Å². The van der Waals surface area contributed by atoms with Crippen LogP contribution in [0.3, 0.4) is 0 Å². The van der Waals surface area contributed by atoms with Crippen LogP contribution in [-0.2, 0) is 9.53 Å². The van der Waals surface area contributed by atoms with Gasteiger partial charge in [0.15, 0.2) is 0 Å². The Balaban J connectivity index is 4.31. The Kier molecular flexibility index (Phi) is 8.18. The SMILES string of the molecule is CCCCC(C)C(Cl)(Cl)C(O)CC(=O)OCC. The maximum Gasteiger partial charge on any atom is 0.308 e. The van der Waals surface area contributed by atoms with Gasteiger partial charge in [0.1, 0.15) is 4.33 Å². The second-order valence-electron chi connectivity index (χ2n) is 4.24. The molecule has 0 saturated carbocycles. The van der Waals surface area contributed by atoms with E-state index in [0.717, 1.165) is 19.3 Å². The first-order valence-electron chi connectivity index (χ1n) is 6.07. The monoisotopic (exact) mass is 284 g/mol. The zero-order chi connectivity index (χ0) is 13.5. The molecule has 102 valence electrons. The number of aliphatic hydroxyl groups is 1. The van der Waals surface area contributed by atoms with Crippen molar-refractivity contribution in [1.29, 1.82) is 0 Å². The van der Waals surface area contributed by atoms with Crippen LogP contribution in [0.4, 0.5) is 0 Å². The molecule has 0 amide bonds. The summed E-state index contributed by atoms with van der Waals surface area (Å²) < 4.78 is 3.45. The van der Waals surface area contributed by atoms with Crippen LogP contribution >= 0.6 is 23.2 Å². The van der Waals surface area contributed by atoms with Crippen molar-refractivity contribution < 1.29 is 14.6 Å². The van der Waals surface area contributed by atoms with Crippen LogP contribution in [-0.4, -0.2) is 28.1 Å². The van der Waals surface area contributed by atoms with Gasteiger partial charge in [0.05, 0.1) is 19.1 Å². The van der Waals surface area contributed by atoms with E-state index in [2.05, 4.69) is 6.92 Å². The van der Waals surface area contributed by atoms with Crippen LogP contribution in [0.15, 0.2) is 0 Å². The molecule has 0 radical (unpaired) electrons. The minimum Gasteiger partial charge on any atom is -0.466 e. The Morgan fingerprint density at radius 2 is 2.00 bits per heavy atom. The smallest absolute Gasteiger partial charge is 0.308 e. The van der Waals surface area contributed by atoms with Crippen molar-refractivity contribution in [3.63, 3.8) is 0 Å². The molecule has 0 aromatic rings. The Bertz CT molecular complexity index is 232. The lowest BCUT2D eigenvalue weighted by Crippen LogP contribution is -2.39. The summed E-state index contributed by atoms with van der Waals surface area (Å²) in [7, 11) is 0. The largest absolute Gasteiger partial charge is 0.466 e. The molecule has 0 aliphatic heterocycles. The summed E-state index contributed by atoms with van der Waals surface area (Å²) in [5.41, 5.74) is 0. The third-order valence-electron chi connectivity index (χ3n) is 2.76. The van der Waals surface area contributed by atoms with Crippen LogP contribution in [0, 0.1) is 5.92 Å². The van der Waals surface area contributed by atoms with Crippen LogP contribution in [0.1, 0.15) is 46.5 Å². The lowest BCUT2D eigenvalue weighted by atomic mass is 9.95. The van der Waals surface area contributed by atoms with Gasteiger partial charge in [-0.1, -0.05) is 49.9 Å². The molecule has 2 unspecified atom stereocenters. The highest BCUT2D eigenvalue weighted by Gasteiger charge is 2.40. The van der Waals surface area contributed by atoms with Crippen LogP contribution in [0.5, 0.6) is 0 Å². The number of ether oxygens (including phenoxy) is 1. The van der Waals surface area contributed by atoms with Gasteiger partial charge in [-0.25, -0.2) is 0 Å². The van der Waals surface area contributed by atoms with E-state index >= 15 is 0 Å². The first-order chi connectivity index (χ1) is 7.86. The van der Waals surface area contributed by atoms with Crippen molar-refractivity contribution in [2.24, 2.45) is 5.92 Å². The molecule has 0 heterocycles. The van der Waals surface area contributed by atoms with Crippen molar-refractivity contribution in [1.82, 2.24) is 0 Å². The Hall–Kier alpha value is 0.01000. The van der Waals surface area contributed by atoms with E-state index in [4.69, 9.17) is 27.9 Å². The standard InChI is InChI=1S/C12H22Cl2O3/c1-4-6-7-9(3)12(13,14)10(15)8-11(16)17-5-2/h9-10,15H,4-8H2,1-3H3. The van der Waals surface area contributed by atoms with E-state index in [1.54, 1.807) is 6.92 Å². The van der Waals surface area contributed by atoms with E-state index < -0.39 is 16.4 Å². The molecular formula is C12H22Cl2O3. The molecule has 0 saturated heterocycles. The van der Waals surface area contributed by atoms with Gasteiger partial charge >= 0.3 is 5.97 Å². The maximum absolute atomic E-state index is 11.2. The quantitative estimate of drug-likeness (QED) is 0.550. The highest BCUT2D eigenvalue weighted by molar-refractivity contribution is 6.49. The first-order valence-corrected chi connectivity index (χ1v) is 6.83. The van der Waals surface area contributed by atoms with Gasteiger partial charge in [0.25, 0.3) is 0 Å². The van der Waals surface area contributed by atoms with Gasteiger partial charge in [-0.15, -0.1) is 0 Å². The van der Waals surface area contributed by atoms with E-state index in [-0.39, 0.29) is 18.9 Å². The molecule has 1 N–H and O–H groups in total. The van der Waals surface area contributed by atoms with Gasteiger partial charge in [0.2, 0.25) is 0 Å². The summed E-state index contributed by atoms with van der Waals surface area (Å²) in [6.45, 7) is 5.95. The van der Waals surface area contributed by atoms with Crippen molar-refractivity contribution >= 4 is 29.2 Å². The topological polar surface area (TPSA) is 46.5 Å². The molecule has 0 aliphatic rings. The van der Waals surface area contributed by atoms with Crippen LogP contribution in [0.2, 0.25) is 0 Å². The van der Waals surface area contributed by atoms with Crippen molar-refractivity contribution in [2.75, 3.05) is 6.61 Å². The highest BCUT2D eigenvalue weighted by Crippen LogP contribution is 2.38. The number of alkyl halides is 2. The molecule has 0 aromatic heterocycles. The molecule has 0 spiro atoms. The number of aliphatic hydroxyl groups excluding tert-OH is 1.